The lowest BCUT2D eigenvalue weighted by Gasteiger charge is -2.31. The van der Waals surface area contributed by atoms with Crippen LogP contribution in [0.1, 0.15) is 49.3 Å². The fourth-order valence-corrected chi connectivity index (χ4v) is 3.78. The van der Waals surface area contributed by atoms with E-state index in [0.29, 0.717) is 25.3 Å². The van der Waals surface area contributed by atoms with Crippen molar-refractivity contribution in [3.63, 3.8) is 0 Å². The van der Waals surface area contributed by atoms with Gasteiger partial charge >= 0.3 is 0 Å². The van der Waals surface area contributed by atoms with Crippen molar-refractivity contribution in [2.24, 2.45) is 0 Å². The number of ether oxygens (including phenoxy) is 1. The van der Waals surface area contributed by atoms with Gasteiger partial charge < -0.3 is 15.0 Å². The van der Waals surface area contributed by atoms with E-state index in [0.717, 1.165) is 30.0 Å². The van der Waals surface area contributed by atoms with Gasteiger partial charge in [-0.15, -0.1) is 0 Å². The predicted octanol–water partition coefficient (Wildman–Crippen LogP) is 2.78. The third-order valence-corrected chi connectivity index (χ3v) is 5.36. The first-order valence-electron chi connectivity index (χ1n) is 9.89. The molecule has 0 aliphatic carbocycles. The van der Waals surface area contributed by atoms with Gasteiger partial charge in [-0.3, -0.25) is 4.79 Å². The standard InChI is InChI=1S/C21H25FN4O2/c1-14(28-17-7-5-16(22)6-8-17)21(27)26-11-9-18-15(13-26)12-24-20(25-18)19-4-2-3-10-23-19/h5-8,12,14,19,23H,2-4,9-11,13H2,1H3/t14-,19+/m1/s1. The van der Waals surface area contributed by atoms with Crippen molar-refractivity contribution in [2.75, 3.05) is 13.1 Å². The van der Waals surface area contributed by atoms with Gasteiger partial charge in [0.15, 0.2) is 6.10 Å². The quantitative estimate of drug-likeness (QED) is 0.878. The first-order valence-corrected chi connectivity index (χ1v) is 9.89. The van der Waals surface area contributed by atoms with E-state index in [1.165, 1.54) is 37.1 Å². The molecule has 2 atom stereocenters. The smallest absolute Gasteiger partial charge is 0.263 e. The summed E-state index contributed by atoms with van der Waals surface area (Å²) in [6.07, 6.45) is 5.41. The number of hydrogen-bond acceptors (Lipinski definition) is 5. The fraction of sp³-hybridized carbons (Fsp3) is 0.476. The van der Waals surface area contributed by atoms with Gasteiger partial charge in [-0.2, -0.15) is 0 Å². The molecule has 7 heteroatoms. The molecule has 6 nitrogen and oxygen atoms in total. The second-order valence-electron chi connectivity index (χ2n) is 7.43. The van der Waals surface area contributed by atoms with Gasteiger partial charge in [0, 0.05) is 31.3 Å². The third kappa shape index (κ3) is 4.14. The summed E-state index contributed by atoms with van der Waals surface area (Å²) in [6, 6.07) is 5.93. The maximum atomic E-state index is 13.0. The van der Waals surface area contributed by atoms with Crippen LogP contribution in [0.5, 0.6) is 5.75 Å². The first kappa shape index (κ1) is 18.8. The number of piperidine rings is 1. The summed E-state index contributed by atoms with van der Waals surface area (Å²) in [5, 5.41) is 3.48. The number of carbonyl (C=O) groups excluding carboxylic acids is 1. The lowest BCUT2D eigenvalue weighted by Crippen LogP contribution is -2.43. The molecule has 2 aliphatic heterocycles. The molecule has 0 saturated carbocycles. The number of benzene rings is 1. The Hall–Kier alpha value is -2.54. The van der Waals surface area contributed by atoms with Crippen LogP contribution in [0.3, 0.4) is 0 Å². The Morgan fingerprint density at radius 2 is 2.14 bits per heavy atom. The molecule has 2 aromatic rings. The molecule has 0 bridgehead atoms. The van der Waals surface area contributed by atoms with Crippen molar-refractivity contribution < 1.29 is 13.9 Å². The predicted molar refractivity (Wildman–Crippen MR) is 102 cm³/mol. The van der Waals surface area contributed by atoms with Crippen LogP contribution in [0, 0.1) is 5.82 Å². The molecule has 148 valence electrons. The maximum absolute atomic E-state index is 13.0. The molecule has 1 aromatic carbocycles. The largest absolute Gasteiger partial charge is 0.481 e. The minimum absolute atomic E-state index is 0.0898. The van der Waals surface area contributed by atoms with Crippen LogP contribution in [0.15, 0.2) is 30.5 Å². The second kappa shape index (κ2) is 8.22. The van der Waals surface area contributed by atoms with Crippen LogP contribution < -0.4 is 10.1 Å². The number of nitrogens with zero attached hydrogens (tertiary/aromatic N) is 3. The van der Waals surface area contributed by atoms with Crippen LogP contribution in [0.25, 0.3) is 0 Å². The summed E-state index contributed by atoms with van der Waals surface area (Å²) < 4.78 is 18.7. The molecule has 1 saturated heterocycles. The van der Waals surface area contributed by atoms with Crippen molar-refractivity contribution in [1.29, 1.82) is 0 Å². The molecule has 1 fully saturated rings. The molecule has 0 spiro atoms. The lowest BCUT2D eigenvalue weighted by molar-refractivity contribution is -0.138. The zero-order valence-electron chi connectivity index (χ0n) is 16.0. The molecule has 0 radical (unpaired) electrons. The van der Waals surface area contributed by atoms with Gasteiger partial charge in [0.2, 0.25) is 0 Å². The van der Waals surface area contributed by atoms with Crippen molar-refractivity contribution in [3.05, 3.63) is 53.4 Å². The molecule has 1 amide bonds. The number of rotatable bonds is 4. The summed E-state index contributed by atoms with van der Waals surface area (Å²) in [7, 11) is 0. The zero-order chi connectivity index (χ0) is 19.5. The number of nitrogens with one attached hydrogen (secondary N) is 1. The van der Waals surface area contributed by atoms with E-state index in [9.17, 15) is 9.18 Å². The SMILES string of the molecule is C[C@@H](Oc1ccc(F)cc1)C(=O)N1CCc2nc([C@@H]3CCCCN3)ncc2C1. The molecular weight excluding hydrogens is 359 g/mol. The molecular formula is C21H25FN4O2. The molecule has 0 unspecified atom stereocenters. The van der Waals surface area contributed by atoms with Gasteiger partial charge in [-0.05, 0) is 50.6 Å². The summed E-state index contributed by atoms with van der Waals surface area (Å²) in [5.74, 6) is 0.925. The minimum atomic E-state index is -0.640. The highest BCUT2D eigenvalue weighted by molar-refractivity contribution is 5.81. The topological polar surface area (TPSA) is 67.3 Å². The van der Waals surface area contributed by atoms with Gasteiger partial charge in [0.1, 0.15) is 17.4 Å². The Bertz CT molecular complexity index is 837. The molecule has 2 aliphatic rings. The maximum Gasteiger partial charge on any atom is 0.263 e. The van der Waals surface area contributed by atoms with Crippen molar-refractivity contribution in [1.82, 2.24) is 20.2 Å². The highest BCUT2D eigenvalue weighted by Crippen LogP contribution is 2.24. The van der Waals surface area contributed by atoms with Gasteiger partial charge in [0.25, 0.3) is 5.91 Å². The molecule has 3 heterocycles. The van der Waals surface area contributed by atoms with Crippen LogP contribution in [0.4, 0.5) is 4.39 Å². The zero-order valence-corrected chi connectivity index (χ0v) is 16.0. The third-order valence-electron chi connectivity index (χ3n) is 5.36. The number of halogens is 1. The van der Waals surface area contributed by atoms with Gasteiger partial charge in [-0.1, -0.05) is 6.42 Å². The lowest BCUT2D eigenvalue weighted by atomic mass is 10.0. The van der Waals surface area contributed by atoms with Gasteiger partial charge in [0.05, 0.1) is 11.7 Å². The normalized spacial score (nSPS) is 20.4. The first-order chi connectivity index (χ1) is 13.6. The number of carbonyl (C=O) groups is 1. The van der Waals surface area contributed by atoms with Crippen molar-refractivity contribution in [3.8, 4) is 5.75 Å². The van der Waals surface area contributed by atoms with E-state index in [-0.39, 0.29) is 17.8 Å². The summed E-state index contributed by atoms with van der Waals surface area (Å²) in [5.41, 5.74) is 2.03. The van der Waals surface area contributed by atoms with Crippen molar-refractivity contribution >= 4 is 5.91 Å². The molecule has 4 rings (SSSR count). The minimum Gasteiger partial charge on any atom is -0.481 e. The molecule has 1 aromatic heterocycles. The van der Waals surface area contributed by atoms with E-state index >= 15 is 0 Å². The Balaban J connectivity index is 1.40. The van der Waals surface area contributed by atoms with Crippen LogP contribution >= 0.6 is 0 Å². The van der Waals surface area contributed by atoms with Crippen LogP contribution in [-0.2, 0) is 17.8 Å². The van der Waals surface area contributed by atoms with Gasteiger partial charge in [-0.25, -0.2) is 14.4 Å². The number of hydrogen-bond donors (Lipinski definition) is 1. The van der Waals surface area contributed by atoms with Crippen LogP contribution in [0.2, 0.25) is 0 Å². The Kier molecular flexibility index (Phi) is 5.52. The number of amides is 1. The number of fused-ring (bicyclic) bond motifs is 1. The van der Waals surface area contributed by atoms with Crippen molar-refractivity contribution in [2.45, 2.75) is 51.3 Å². The van der Waals surface area contributed by atoms with Crippen LogP contribution in [-0.4, -0.2) is 40.0 Å². The average molecular weight is 384 g/mol. The van der Waals surface area contributed by atoms with E-state index < -0.39 is 6.10 Å². The van der Waals surface area contributed by atoms with E-state index in [4.69, 9.17) is 9.72 Å². The summed E-state index contributed by atoms with van der Waals surface area (Å²) in [6.45, 7) is 3.83. The summed E-state index contributed by atoms with van der Waals surface area (Å²) in [4.78, 5) is 23.9. The Morgan fingerprint density at radius 1 is 1.32 bits per heavy atom. The number of aromatic nitrogens is 2. The fourth-order valence-electron chi connectivity index (χ4n) is 3.78. The highest BCUT2D eigenvalue weighted by Gasteiger charge is 2.28. The second-order valence-corrected chi connectivity index (χ2v) is 7.43. The average Bonchev–Trinajstić information content (AvgIpc) is 2.74. The monoisotopic (exact) mass is 384 g/mol. The Morgan fingerprint density at radius 3 is 2.89 bits per heavy atom. The van der Waals surface area contributed by atoms with E-state index in [1.807, 2.05) is 6.20 Å². The van der Waals surface area contributed by atoms with E-state index in [2.05, 4.69) is 10.3 Å². The van der Waals surface area contributed by atoms with E-state index in [1.54, 1.807) is 11.8 Å². The Labute approximate surface area is 164 Å². The molecule has 1 N–H and O–H groups in total. The summed E-state index contributed by atoms with van der Waals surface area (Å²) >= 11 is 0. The highest BCUT2D eigenvalue weighted by atomic mass is 19.1. The molecule has 28 heavy (non-hydrogen) atoms.